The Morgan fingerprint density at radius 2 is 1.90 bits per heavy atom. The van der Waals surface area contributed by atoms with E-state index in [1.165, 1.54) is 23.4 Å². The van der Waals surface area contributed by atoms with Crippen LogP contribution in [0.25, 0.3) is 0 Å². The second kappa shape index (κ2) is 7.56. The Morgan fingerprint density at radius 3 is 2.48 bits per heavy atom. The lowest BCUT2D eigenvalue weighted by molar-refractivity contribution is -0.126. The molecule has 2 aliphatic rings. The molecule has 122 valence electrons. The first-order chi connectivity index (χ1) is 9.97. The van der Waals surface area contributed by atoms with Crippen LogP contribution < -0.4 is 5.32 Å². The molecule has 0 aromatic rings. The Morgan fingerprint density at radius 1 is 1.24 bits per heavy atom. The highest BCUT2D eigenvalue weighted by molar-refractivity contribution is 7.88. The van der Waals surface area contributed by atoms with Gasteiger partial charge in [-0.1, -0.05) is 0 Å². The molecule has 0 aromatic carbocycles. The molecule has 0 aromatic heterocycles. The number of hydrogen-bond acceptors (Lipinski definition) is 4. The molecule has 1 aliphatic heterocycles. The number of ether oxygens (including phenoxy) is 1. The predicted octanol–water partition coefficient (Wildman–Crippen LogP) is 0.591. The molecule has 2 fully saturated rings. The van der Waals surface area contributed by atoms with E-state index in [0.29, 0.717) is 39.1 Å². The van der Waals surface area contributed by atoms with Gasteiger partial charge in [0.25, 0.3) is 0 Å². The van der Waals surface area contributed by atoms with E-state index in [1.54, 1.807) is 0 Å². The van der Waals surface area contributed by atoms with Crippen molar-refractivity contribution in [2.24, 2.45) is 11.8 Å². The zero-order valence-electron chi connectivity index (χ0n) is 12.7. The smallest absolute Gasteiger partial charge is 0.223 e. The molecule has 6 nitrogen and oxygen atoms in total. The second-order valence-electron chi connectivity index (χ2n) is 6.10. The summed E-state index contributed by atoms with van der Waals surface area (Å²) in [5.74, 6) is 0.764. The zero-order chi connectivity index (χ0) is 15.3. The van der Waals surface area contributed by atoms with E-state index in [1.807, 2.05) is 0 Å². The summed E-state index contributed by atoms with van der Waals surface area (Å²) in [6.45, 7) is 3.08. The van der Waals surface area contributed by atoms with Crippen LogP contribution in [0.5, 0.6) is 0 Å². The van der Waals surface area contributed by atoms with E-state index >= 15 is 0 Å². The van der Waals surface area contributed by atoms with Crippen molar-refractivity contribution >= 4 is 15.9 Å². The van der Waals surface area contributed by atoms with Crippen LogP contribution in [-0.4, -0.2) is 57.7 Å². The molecule has 1 N–H and O–H groups in total. The fourth-order valence-corrected chi connectivity index (χ4v) is 3.39. The molecule has 0 atom stereocenters. The third-order valence-electron chi connectivity index (χ3n) is 4.11. The molecule has 1 saturated carbocycles. The first-order valence-corrected chi connectivity index (χ1v) is 9.62. The van der Waals surface area contributed by atoms with Gasteiger partial charge < -0.3 is 10.1 Å². The third-order valence-corrected chi connectivity index (χ3v) is 5.41. The highest BCUT2D eigenvalue weighted by atomic mass is 32.2. The van der Waals surface area contributed by atoms with Crippen molar-refractivity contribution in [3.05, 3.63) is 0 Å². The maximum atomic E-state index is 12.0. The van der Waals surface area contributed by atoms with E-state index < -0.39 is 10.0 Å². The number of nitrogens with zero attached hydrogens (tertiary/aromatic N) is 1. The quantitative estimate of drug-likeness (QED) is 0.665. The third kappa shape index (κ3) is 5.92. The minimum absolute atomic E-state index is 0.0466. The molecule has 1 aliphatic carbocycles. The van der Waals surface area contributed by atoms with Crippen molar-refractivity contribution in [2.45, 2.75) is 32.1 Å². The monoisotopic (exact) mass is 318 g/mol. The van der Waals surface area contributed by atoms with E-state index in [0.717, 1.165) is 18.9 Å². The van der Waals surface area contributed by atoms with Gasteiger partial charge in [-0.05, 0) is 38.0 Å². The summed E-state index contributed by atoms with van der Waals surface area (Å²) in [6, 6.07) is 0. The topological polar surface area (TPSA) is 75.7 Å². The molecule has 21 heavy (non-hydrogen) atoms. The van der Waals surface area contributed by atoms with Crippen LogP contribution in [0.1, 0.15) is 32.1 Å². The first kappa shape index (κ1) is 16.7. The van der Waals surface area contributed by atoms with Gasteiger partial charge in [-0.15, -0.1) is 0 Å². The Bertz CT molecular complexity index is 440. The molecular formula is C14H26N2O4S. The largest absolute Gasteiger partial charge is 0.381 e. The van der Waals surface area contributed by atoms with Crippen LogP contribution in [0.4, 0.5) is 0 Å². The molecule has 0 bridgehead atoms. The van der Waals surface area contributed by atoms with Gasteiger partial charge in [-0.25, -0.2) is 12.7 Å². The van der Waals surface area contributed by atoms with Gasteiger partial charge in [0.1, 0.15) is 0 Å². The van der Waals surface area contributed by atoms with Gasteiger partial charge in [0.05, 0.1) is 6.26 Å². The van der Waals surface area contributed by atoms with Crippen LogP contribution in [0.15, 0.2) is 0 Å². The predicted molar refractivity (Wildman–Crippen MR) is 80.3 cm³/mol. The molecule has 7 heteroatoms. The molecule has 1 amide bonds. The lowest BCUT2D eigenvalue weighted by Crippen LogP contribution is -2.42. The van der Waals surface area contributed by atoms with Crippen LogP contribution in [-0.2, 0) is 19.6 Å². The molecule has 0 spiro atoms. The highest BCUT2D eigenvalue weighted by Gasteiger charge is 2.28. The van der Waals surface area contributed by atoms with Crippen molar-refractivity contribution in [2.75, 3.05) is 39.1 Å². The maximum Gasteiger partial charge on any atom is 0.223 e. The summed E-state index contributed by atoms with van der Waals surface area (Å²) in [6.07, 6.45) is 5.86. The van der Waals surface area contributed by atoms with Crippen molar-refractivity contribution in [3.8, 4) is 0 Å². The molecule has 2 rings (SSSR count). The SMILES string of the molecule is CS(=O)(=O)N1CCC(C(=O)NCCCOCC2CC2)CC1. The molecule has 1 heterocycles. The zero-order valence-corrected chi connectivity index (χ0v) is 13.5. The van der Waals surface area contributed by atoms with Gasteiger partial charge in [-0.2, -0.15) is 0 Å². The Hall–Kier alpha value is -0.660. The summed E-state index contributed by atoms with van der Waals surface area (Å²) in [5.41, 5.74) is 0. The maximum absolute atomic E-state index is 12.0. The number of sulfonamides is 1. The minimum Gasteiger partial charge on any atom is -0.381 e. The van der Waals surface area contributed by atoms with Crippen LogP contribution >= 0.6 is 0 Å². The van der Waals surface area contributed by atoms with E-state index in [4.69, 9.17) is 4.74 Å². The number of hydrogen-bond donors (Lipinski definition) is 1. The number of amides is 1. The Kier molecular flexibility index (Phi) is 6.01. The number of nitrogens with one attached hydrogen (secondary N) is 1. The molecule has 0 radical (unpaired) electrons. The van der Waals surface area contributed by atoms with Crippen molar-refractivity contribution in [3.63, 3.8) is 0 Å². The average Bonchev–Trinajstić information content (AvgIpc) is 3.26. The fourth-order valence-electron chi connectivity index (χ4n) is 2.51. The van der Waals surface area contributed by atoms with Gasteiger partial charge in [0.15, 0.2) is 0 Å². The van der Waals surface area contributed by atoms with Crippen LogP contribution in [0.3, 0.4) is 0 Å². The van der Waals surface area contributed by atoms with Gasteiger partial charge in [-0.3, -0.25) is 4.79 Å². The van der Waals surface area contributed by atoms with Gasteiger partial charge >= 0.3 is 0 Å². The van der Waals surface area contributed by atoms with Crippen molar-refractivity contribution in [1.82, 2.24) is 9.62 Å². The lowest BCUT2D eigenvalue weighted by atomic mass is 9.97. The fraction of sp³-hybridized carbons (Fsp3) is 0.929. The summed E-state index contributed by atoms with van der Waals surface area (Å²) in [5, 5.41) is 2.92. The summed E-state index contributed by atoms with van der Waals surface area (Å²) in [4.78, 5) is 12.0. The summed E-state index contributed by atoms with van der Waals surface area (Å²) >= 11 is 0. The van der Waals surface area contributed by atoms with Crippen LogP contribution in [0, 0.1) is 11.8 Å². The minimum atomic E-state index is -3.12. The number of carbonyl (C=O) groups is 1. The summed E-state index contributed by atoms with van der Waals surface area (Å²) < 4.78 is 29.8. The van der Waals surface area contributed by atoms with Crippen molar-refractivity contribution in [1.29, 1.82) is 0 Å². The van der Waals surface area contributed by atoms with E-state index in [9.17, 15) is 13.2 Å². The number of piperidine rings is 1. The molecule has 1 saturated heterocycles. The molecule has 0 unspecified atom stereocenters. The lowest BCUT2D eigenvalue weighted by Gasteiger charge is -2.29. The Balaban J connectivity index is 1.54. The second-order valence-corrected chi connectivity index (χ2v) is 8.08. The van der Waals surface area contributed by atoms with Crippen molar-refractivity contribution < 1.29 is 17.9 Å². The van der Waals surface area contributed by atoms with Gasteiger partial charge in [0, 0.05) is 38.8 Å². The van der Waals surface area contributed by atoms with Crippen LogP contribution in [0.2, 0.25) is 0 Å². The van der Waals surface area contributed by atoms with Gasteiger partial charge in [0.2, 0.25) is 15.9 Å². The normalized spacial score (nSPS) is 21.4. The summed E-state index contributed by atoms with van der Waals surface area (Å²) in [7, 11) is -3.12. The average molecular weight is 318 g/mol. The standard InChI is InChI=1S/C14H26N2O4S/c1-21(18,19)16-8-5-13(6-9-16)14(17)15-7-2-10-20-11-12-3-4-12/h12-13H,2-11H2,1H3,(H,15,17). The number of carbonyl (C=O) groups excluding carboxylic acids is 1. The van der Waals surface area contributed by atoms with E-state index in [2.05, 4.69) is 5.32 Å². The first-order valence-electron chi connectivity index (χ1n) is 7.77. The Labute approximate surface area is 127 Å². The number of rotatable bonds is 8. The van der Waals surface area contributed by atoms with E-state index in [-0.39, 0.29) is 11.8 Å². The highest BCUT2D eigenvalue weighted by Crippen LogP contribution is 2.28. The molecular weight excluding hydrogens is 292 g/mol.